The number of hydrogen-bond acceptors (Lipinski definition) is 3. The minimum atomic E-state index is -0.158. The zero-order valence-electron chi connectivity index (χ0n) is 14.3. The number of amides is 2. The lowest BCUT2D eigenvalue weighted by Crippen LogP contribution is -2.38. The number of likely N-dealkylation sites (tertiary alicyclic amines) is 1. The molecule has 1 aliphatic heterocycles. The molecule has 5 nitrogen and oxygen atoms in total. The zero-order valence-corrected chi connectivity index (χ0v) is 14.3. The Hall–Kier alpha value is -1.59. The van der Waals surface area contributed by atoms with E-state index in [4.69, 9.17) is 5.11 Å². The lowest BCUT2D eigenvalue weighted by Gasteiger charge is -2.30. The van der Waals surface area contributed by atoms with Gasteiger partial charge < -0.3 is 15.3 Å². The summed E-state index contributed by atoms with van der Waals surface area (Å²) in [6.07, 6.45) is 2.57. The maximum atomic E-state index is 11.8. The number of piperidine rings is 1. The van der Waals surface area contributed by atoms with Gasteiger partial charge in [-0.25, -0.2) is 4.79 Å². The molecule has 1 aromatic carbocycles. The predicted molar refractivity (Wildman–Crippen MR) is 92.1 cm³/mol. The van der Waals surface area contributed by atoms with Gasteiger partial charge in [-0.2, -0.15) is 0 Å². The molecule has 1 heterocycles. The van der Waals surface area contributed by atoms with E-state index in [1.165, 1.54) is 36.4 Å². The number of aliphatic hydroxyl groups is 1. The van der Waals surface area contributed by atoms with Crippen molar-refractivity contribution < 1.29 is 9.90 Å². The van der Waals surface area contributed by atoms with E-state index in [1.807, 2.05) is 6.07 Å². The average Bonchev–Trinajstić information content (AvgIpc) is 2.55. The Morgan fingerprint density at radius 1 is 1.35 bits per heavy atom. The van der Waals surface area contributed by atoms with Gasteiger partial charge in [0.25, 0.3) is 0 Å². The molecule has 0 aromatic heterocycles. The molecular weight excluding hydrogens is 290 g/mol. The molecule has 0 unspecified atom stereocenters. The predicted octanol–water partition coefficient (Wildman–Crippen LogP) is 2.05. The molecule has 0 aliphatic carbocycles. The number of nitrogens with zero attached hydrogens (tertiary/aromatic N) is 2. The molecule has 0 saturated carbocycles. The second kappa shape index (κ2) is 8.89. The maximum Gasteiger partial charge on any atom is 0.317 e. The summed E-state index contributed by atoms with van der Waals surface area (Å²) in [7, 11) is 1.68. The van der Waals surface area contributed by atoms with E-state index >= 15 is 0 Å². The molecule has 23 heavy (non-hydrogen) atoms. The van der Waals surface area contributed by atoms with E-state index < -0.39 is 0 Å². The van der Waals surface area contributed by atoms with Gasteiger partial charge >= 0.3 is 6.03 Å². The number of carbonyl (C=O) groups is 1. The first-order valence-corrected chi connectivity index (χ1v) is 8.48. The van der Waals surface area contributed by atoms with Crippen molar-refractivity contribution in [1.29, 1.82) is 0 Å². The normalized spacial score (nSPS) is 16.3. The van der Waals surface area contributed by atoms with Crippen LogP contribution in [-0.4, -0.2) is 54.2 Å². The lowest BCUT2D eigenvalue weighted by molar-refractivity contribution is 0.185. The Balaban J connectivity index is 1.83. The van der Waals surface area contributed by atoms with E-state index in [2.05, 4.69) is 35.3 Å². The highest BCUT2D eigenvalue weighted by atomic mass is 16.3. The highest BCUT2D eigenvalue weighted by molar-refractivity contribution is 5.73. The Morgan fingerprint density at radius 3 is 2.74 bits per heavy atom. The molecule has 2 rings (SSSR count). The molecule has 1 fully saturated rings. The Labute approximate surface area is 139 Å². The van der Waals surface area contributed by atoms with E-state index in [1.54, 1.807) is 7.05 Å². The van der Waals surface area contributed by atoms with E-state index in [9.17, 15) is 4.79 Å². The van der Waals surface area contributed by atoms with E-state index in [0.717, 1.165) is 18.0 Å². The van der Waals surface area contributed by atoms with Crippen molar-refractivity contribution in [2.45, 2.75) is 32.9 Å². The van der Waals surface area contributed by atoms with Crippen LogP contribution in [-0.2, 0) is 13.1 Å². The second-order valence-electron chi connectivity index (χ2n) is 6.58. The van der Waals surface area contributed by atoms with Gasteiger partial charge in [-0.15, -0.1) is 0 Å². The van der Waals surface area contributed by atoms with Crippen molar-refractivity contribution in [3.05, 3.63) is 35.4 Å². The monoisotopic (exact) mass is 319 g/mol. The summed E-state index contributed by atoms with van der Waals surface area (Å²) in [6, 6.07) is 8.26. The third-order valence-electron chi connectivity index (χ3n) is 4.50. The lowest BCUT2D eigenvalue weighted by atomic mass is 9.98. The summed E-state index contributed by atoms with van der Waals surface area (Å²) in [4.78, 5) is 15.8. The van der Waals surface area contributed by atoms with Crippen LogP contribution in [0.15, 0.2) is 24.3 Å². The van der Waals surface area contributed by atoms with Gasteiger partial charge in [0.05, 0.1) is 6.61 Å². The zero-order chi connectivity index (χ0) is 16.7. The number of likely N-dealkylation sites (N-methyl/N-ethyl adjacent to an activating group) is 1. The van der Waals surface area contributed by atoms with Gasteiger partial charge in [-0.3, -0.25) is 4.90 Å². The molecular formula is C18H29N3O2. The van der Waals surface area contributed by atoms with Crippen molar-refractivity contribution in [2.24, 2.45) is 5.92 Å². The Kier molecular flexibility index (Phi) is 6.86. The van der Waals surface area contributed by atoms with Gasteiger partial charge in [0.15, 0.2) is 0 Å². The van der Waals surface area contributed by atoms with Crippen LogP contribution in [0.1, 0.15) is 30.9 Å². The summed E-state index contributed by atoms with van der Waals surface area (Å²) in [5, 5.41) is 11.7. The van der Waals surface area contributed by atoms with Crippen molar-refractivity contribution >= 4 is 6.03 Å². The van der Waals surface area contributed by atoms with Crippen molar-refractivity contribution in [2.75, 3.05) is 33.3 Å². The minimum Gasteiger partial charge on any atom is -0.395 e. The second-order valence-corrected chi connectivity index (χ2v) is 6.58. The van der Waals surface area contributed by atoms with Crippen LogP contribution < -0.4 is 5.32 Å². The number of aliphatic hydroxyl groups excluding tert-OH is 1. The fourth-order valence-electron chi connectivity index (χ4n) is 2.88. The van der Waals surface area contributed by atoms with Gasteiger partial charge in [0.2, 0.25) is 0 Å². The van der Waals surface area contributed by atoms with Gasteiger partial charge in [-0.05, 0) is 43.0 Å². The molecule has 1 saturated heterocycles. The molecule has 0 spiro atoms. The van der Waals surface area contributed by atoms with Gasteiger partial charge in [0.1, 0.15) is 0 Å². The highest BCUT2D eigenvalue weighted by Gasteiger charge is 2.15. The number of carbonyl (C=O) groups excluding carboxylic acids is 1. The minimum absolute atomic E-state index is 0.0200. The summed E-state index contributed by atoms with van der Waals surface area (Å²) in [6.45, 7) is 6.50. The summed E-state index contributed by atoms with van der Waals surface area (Å²) in [5.74, 6) is 0.851. The number of benzene rings is 1. The smallest absolute Gasteiger partial charge is 0.317 e. The SMILES string of the molecule is CC1CCN(Cc2cccc(CNC(=O)N(C)CCO)c2)CC1. The van der Waals surface area contributed by atoms with Crippen LogP contribution in [0.4, 0.5) is 4.79 Å². The molecule has 0 radical (unpaired) electrons. The highest BCUT2D eigenvalue weighted by Crippen LogP contribution is 2.18. The van der Waals surface area contributed by atoms with E-state index in [0.29, 0.717) is 13.1 Å². The van der Waals surface area contributed by atoms with Crippen LogP contribution in [0.2, 0.25) is 0 Å². The van der Waals surface area contributed by atoms with Crippen LogP contribution in [0.5, 0.6) is 0 Å². The molecule has 128 valence electrons. The van der Waals surface area contributed by atoms with Gasteiger partial charge in [-0.1, -0.05) is 31.2 Å². The third kappa shape index (κ3) is 5.84. The first-order valence-electron chi connectivity index (χ1n) is 8.48. The van der Waals surface area contributed by atoms with Crippen LogP contribution in [0.3, 0.4) is 0 Å². The van der Waals surface area contributed by atoms with Crippen LogP contribution >= 0.6 is 0 Å². The molecule has 2 N–H and O–H groups in total. The topological polar surface area (TPSA) is 55.8 Å². The number of rotatable bonds is 6. The average molecular weight is 319 g/mol. The fraction of sp³-hybridized carbons (Fsp3) is 0.611. The maximum absolute atomic E-state index is 11.8. The van der Waals surface area contributed by atoms with Gasteiger partial charge in [0, 0.05) is 26.7 Å². The quantitative estimate of drug-likeness (QED) is 0.844. The summed E-state index contributed by atoms with van der Waals surface area (Å²) >= 11 is 0. The molecule has 0 atom stereocenters. The molecule has 5 heteroatoms. The molecule has 2 amide bonds. The van der Waals surface area contributed by atoms with Crippen molar-refractivity contribution in [3.63, 3.8) is 0 Å². The van der Waals surface area contributed by atoms with Crippen molar-refractivity contribution in [3.8, 4) is 0 Å². The molecule has 0 bridgehead atoms. The molecule has 1 aromatic rings. The summed E-state index contributed by atoms with van der Waals surface area (Å²) in [5.41, 5.74) is 2.41. The number of hydrogen-bond donors (Lipinski definition) is 2. The standard InChI is InChI=1S/C18H29N3O2/c1-15-6-8-21(9-7-15)14-17-5-3-4-16(12-17)13-19-18(23)20(2)10-11-22/h3-5,12,15,22H,6-11,13-14H2,1-2H3,(H,19,23). The number of urea groups is 1. The fourth-order valence-corrected chi connectivity index (χ4v) is 2.88. The van der Waals surface area contributed by atoms with Crippen LogP contribution in [0.25, 0.3) is 0 Å². The Morgan fingerprint density at radius 2 is 2.04 bits per heavy atom. The largest absolute Gasteiger partial charge is 0.395 e. The summed E-state index contributed by atoms with van der Waals surface area (Å²) < 4.78 is 0. The third-order valence-corrected chi connectivity index (χ3v) is 4.50. The number of nitrogens with one attached hydrogen (secondary N) is 1. The van der Waals surface area contributed by atoms with E-state index in [-0.39, 0.29) is 12.6 Å². The van der Waals surface area contributed by atoms with Crippen molar-refractivity contribution in [1.82, 2.24) is 15.1 Å². The first kappa shape index (κ1) is 17.8. The first-order chi connectivity index (χ1) is 11.1. The van der Waals surface area contributed by atoms with Crippen LogP contribution in [0, 0.1) is 5.92 Å². The Bertz CT molecular complexity index is 499. The molecule has 1 aliphatic rings.